The van der Waals surface area contributed by atoms with Crippen molar-refractivity contribution >= 4 is 16.7 Å². The molecular formula is C21H20N6. The fourth-order valence-electron chi connectivity index (χ4n) is 2.96. The van der Waals surface area contributed by atoms with Gasteiger partial charge >= 0.3 is 0 Å². The molecule has 0 fully saturated rings. The van der Waals surface area contributed by atoms with E-state index in [9.17, 15) is 0 Å². The van der Waals surface area contributed by atoms with E-state index < -0.39 is 0 Å². The lowest BCUT2D eigenvalue weighted by Crippen LogP contribution is -2.31. The standard InChI is InChI=1S/C21H20N6/c22-17(12-15-4-2-1-3-5-15)13-25-21-18-8-11-24-14-19(18)26-20(27-21)16-6-9-23-10-7-16/h1-11,14,17H,12-13,22H2,(H,25,26,27). The quantitative estimate of drug-likeness (QED) is 0.552. The summed E-state index contributed by atoms with van der Waals surface area (Å²) in [6.07, 6.45) is 7.75. The lowest BCUT2D eigenvalue weighted by Gasteiger charge is -2.15. The topological polar surface area (TPSA) is 89.6 Å². The zero-order chi connectivity index (χ0) is 18.5. The third-order valence-electron chi connectivity index (χ3n) is 4.31. The van der Waals surface area contributed by atoms with Gasteiger partial charge < -0.3 is 11.1 Å². The molecule has 1 unspecified atom stereocenters. The number of anilines is 1. The Kier molecular flexibility index (Phi) is 4.98. The van der Waals surface area contributed by atoms with E-state index in [2.05, 4.69) is 32.4 Å². The van der Waals surface area contributed by atoms with Crippen LogP contribution in [-0.2, 0) is 6.42 Å². The molecule has 3 heterocycles. The van der Waals surface area contributed by atoms with Gasteiger partial charge in [0.05, 0.1) is 11.7 Å². The van der Waals surface area contributed by atoms with Gasteiger partial charge in [-0.15, -0.1) is 0 Å². The van der Waals surface area contributed by atoms with Crippen molar-refractivity contribution in [1.82, 2.24) is 19.9 Å². The zero-order valence-corrected chi connectivity index (χ0v) is 14.8. The van der Waals surface area contributed by atoms with E-state index in [1.54, 1.807) is 24.8 Å². The second-order valence-electron chi connectivity index (χ2n) is 6.36. The summed E-state index contributed by atoms with van der Waals surface area (Å²) in [7, 11) is 0. The Morgan fingerprint density at radius 2 is 1.67 bits per heavy atom. The molecule has 134 valence electrons. The first-order valence-electron chi connectivity index (χ1n) is 8.85. The molecule has 3 N–H and O–H groups in total. The van der Waals surface area contributed by atoms with Crippen LogP contribution >= 0.6 is 0 Å². The first kappa shape index (κ1) is 17.1. The second-order valence-corrected chi connectivity index (χ2v) is 6.36. The van der Waals surface area contributed by atoms with Crippen molar-refractivity contribution in [2.24, 2.45) is 5.73 Å². The van der Waals surface area contributed by atoms with E-state index >= 15 is 0 Å². The molecular weight excluding hydrogens is 336 g/mol. The molecule has 3 aromatic heterocycles. The van der Waals surface area contributed by atoms with Crippen molar-refractivity contribution in [3.63, 3.8) is 0 Å². The molecule has 27 heavy (non-hydrogen) atoms. The number of pyridine rings is 2. The minimum absolute atomic E-state index is 0.0244. The van der Waals surface area contributed by atoms with Gasteiger partial charge in [-0.1, -0.05) is 30.3 Å². The summed E-state index contributed by atoms with van der Waals surface area (Å²) in [6.45, 7) is 0.610. The number of fused-ring (bicyclic) bond motifs is 1. The third kappa shape index (κ3) is 4.07. The Bertz CT molecular complexity index is 1020. The van der Waals surface area contributed by atoms with Crippen LogP contribution in [0, 0.1) is 0 Å². The lowest BCUT2D eigenvalue weighted by molar-refractivity contribution is 0.698. The van der Waals surface area contributed by atoms with Crippen molar-refractivity contribution in [2.45, 2.75) is 12.5 Å². The van der Waals surface area contributed by atoms with Crippen LogP contribution in [0.3, 0.4) is 0 Å². The molecule has 6 heteroatoms. The van der Waals surface area contributed by atoms with Crippen molar-refractivity contribution in [3.8, 4) is 11.4 Å². The summed E-state index contributed by atoms with van der Waals surface area (Å²) in [5.74, 6) is 1.40. The number of nitrogens with two attached hydrogens (primary N) is 1. The Morgan fingerprint density at radius 1 is 0.889 bits per heavy atom. The first-order chi connectivity index (χ1) is 13.3. The van der Waals surface area contributed by atoms with E-state index in [4.69, 9.17) is 10.7 Å². The molecule has 0 aliphatic carbocycles. The summed E-state index contributed by atoms with van der Waals surface area (Å²) in [6, 6.07) is 15.9. The largest absolute Gasteiger partial charge is 0.368 e. The predicted molar refractivity (Wildman–Crippen MR) is 107 cm³/mol. The Hall–Kier alpha value is -3.38. The number of rotatable bonds is 6. The van der Waals surface area contributed by atoms with Gasteiger partial charge in [-0.25, -0.2) is 9.97 Å². The highest BCUT2D eigenvalue weighted by molar-refractivity contribution is 5.89. The number of hydrogen-bond acceptors (Lipinski definition) is 6. The van der Waals surface area contributed by atoms with Gasteiger partial charge in [0.15, 0.2) is 5.82 Å². The Balaban J connectivity index is 1.58. The van der Waals surface area contributed by atoms with Crippen LogP contribution in [0.4, 0.5) is 5.82 Å². The predicted octanol–water partition coefficient (Wildman–Crippen LogP) is 3.07. The summed E-state index contributed by atoms with van der Waals surface area (Å²) in [5.41, 5.74) is 9.24. The molecule has 4 aromatic rings. The highest BCUT2D eigenvalue weighted by Gasteiger charge is 2.11. The smallest absolute Gasteiger partial charge is 0.162 e. The van der Waals surface area contributed by atoms with E-state index in [0.717, 1.165) is 28.7 Å². The fourth-order valence-corrected chi connectivity index (χ4v) is 2.96. The first-order valence-corrected chi connectivity index (χ1v) is 8.85. The Morgan fingerprint density at radius 3 is 2.48 bits per heavy atom. The maximum atomic E-state index is 6.32. The maximum Gasteiger partial charge on any atom is 0.162 e. The van der Waals surface area contributed by atoms with Gasteiger partial charge in [-0.3, -0.25) is 9.97 Å². The monoisotopic (exact) mass is 356 g/mol. The van der Waals surface area contributed by atoms with Gasteiger partial charge in [0.2, 0.25) is 0 Å². The van der Waals surface area contributed by atoms with Gasteiger partial charge in [-0.2, -0.15) is 0 Å². The Labute approximate surface area is 157 Å². The molecule has 0 amide bonds. The van der Waals surface area contributed by atoms with Crippen molar-refractivity contribution in [3.05, 3.63) is 78.9 Å². The maximum absolute atomic E-state index is 6.32. The molecule has 0 saturated carbocycles. The van der Waals surface area contributed by atoms with Gasteiger partial charge in [0.1, 0.15) is 5.82 Å². The van der Waals surface area contributed by atoms with E-state index in [-0.39, 0.29) is 6.04 Å². The van der Waals surface area contributed by atoms with Crippen LogP contribution in [0.15, 0.2) is 73.3 Å². The average molecular weight is 356 g/mol. The summed E-state index contributed by atoms with van der Waals surface area (Å²) in [4.78, 5) is 17.6. The van der Waals surface area contributed by atoms with E-state index in [1.807, 2.05) is 36.4 Å². The molecule has 6 nitrogen and oxygen atoms in total. The van der Waals surface area contributed by atoms with E-state index in [0.29, 0.717) is 12.4 Å². The van der Waals surface area contributed by atoms with E-state index in [1.165, 1.54) is 5.56 Å². The number of nitrogens with one attached hydrogen (secondary N) is 1. The van der Waals surface area contributed by atoms with Crippen molar-refractivity contribution in [2.75, 3.05) is 11.9 Å². The summed E-state index contributed by atoms with van der Waals surface area (Å²) >= 11 is 0. The minimum atomic E-state index is -0.0244. The van der Waals surface area contributed by atoms with Crippen LogP contribution in [0.25, 0.3) is 22.3 Å². The van der Waals surface area contributed by atoms with Crippen LogP contribution in [0.2, 0.25) is 0 Å². The molecule has 1 aromatic carbocycles. The zero-order valence-electron chi connectivity index (χ0n) is 14.8. The number of hydrogen-bond donors (Lipinski definition) is 2. The van der Waals surface area contributed by atoms with Crippen LogP contribution in [-0.4, -0.2) is 32.5 Å². The highest BCUT2D eigenvalue weighted by Crippen LogP contribution is 2.24. The minimum Gasteiger partial charge on any atom is -0.368 e. The molecule has 0 bridgehead atoms. The fraction of sp³-hybridized carbons (Fsp3) is 0.143. The summed E-state index contributed by atoms with van der Waals surface area (Å²) in [5, 5.41) is 4.32. The number of nitrogens with zero attached hydrogens (tertiary/aromatic N) is 4. The molecule has 4 rings (SSSR count). The van der Waals surface area contributed by atoms with Crippen molar-refractivity contribution in [1.29, 1.82) is 0 Å². The average Bonchev–Trinajstić information content (AvgIpc) is 2.73. The normalized spacial score (nSPS) is 12.0. The second kappa shape index (κ2) is 7.88. The summed E-state index contributed by atoms with van der Waals surface area (Å²) < 4.78 is 0. The molecule has 1 atom stereocenters. The van der Waals surface area contributed by atoms with Gasteiger partial charge in [0.25, 0.3) is 0 Å². The molecule has 0 saturated heterocycles. The van der Waals surface area contributed by atoms with Crippen LogP contribution in [0.5, 0.6) is 0 Å². The lowest BCUT2D eigenvalue weighted by atomic mass is 10.1. The van der Waals surface area contributed by atoms with Crippen molar-refractivity contribution < 1.29 is 0 Å². The third-order valence-corrected chi connectivity index (χ3v) is 4.31. The number of benzene rings is 1. The SMILES string of the molecule is NC(CNc1nc(-c2ccncc2)nc2cnccc12)Cc1ccccc1. The van der Waals surface area contributed by atoms with Gasteiger partial charge in [-0.05, 0) is 30.2 Å². The van der Waals surface area contributed by atoms with Crippen LogP contribution in [0.1, 0.15) is 5.56 Å². The number of aromatic nitrogens is 4. The van der Waals surface area contributed by atoms with Crippen LogP contribution < -0.4 is 11.1 Å². The highest BCUT2D eigenvalue weighted by atomic mass is 15.0. The molecule has 0 aliphatic rings. The molecule has 0 aliphatic heterocycles. The molecule has 0 spiro atoms. The van der Waals surface area contributed by atoms with Gasteiger partial charge in [0, 0.05) is 42.1 Å². The molecule has 0 radical (unpaired) electrons.